The molecule has 7 nitrogen and oxygen atoms in total. The molecule has 0 saturated heterocycles. The predicted molar refractivity (Wildman–Crippen MR) is 117 cm³/mol. The third-order valence-electron chi connectivity index (χ3n) is 4.84. The summed E-state index contributed by atoms with van der Waals surface area (Å²) in [4.78, 5) is 28.5. The maximum absolute atomic E-state index is 13.0. The Kier molecular flexibility index (Phi) is 7.27. The van der Waals surface area contributed by atoms with Crippen LogP contribution in [0, 0.1) is 5.41 Å². The summed E-state index contributed by atoms with van der Waals surface area (Å²) in [6.45, 7) is 7.26. The summed E-state index contributed by atoms with van der Waals surface area (Å²) in [7, 11) is -4.25. The summed E-state index contributed by atoms with van der Waals surface area (Å²) < 4.78 is 63.4. The highest BCUT2D eigenvalue weighted by molar-refractivity contribution is 7.92. The van der Waals surface area contributed by atoms with Gasteiger partial charge in [0.1, 0.15) is 5.82 Å². The zero-order chi connectivity index (χ0) is 25.2. The molecule has 2 aromatic rings. The van der Waals surface area contributed by atoms with Crippen molar-refractivity contribution in [2.75, 3.05) is 11.9 Å². The van der Waals surface area contributed by atoms with Crippen LogP contribution in [0.2, 0.25) is 0 Å². The molecule has 2 N–H and O–H groups in total. The van der Waals surface area contributed by atoms with Gasteiger partial charge < -0.3 is 10.6 Å². The molecule has 1 aromatic heterocycles. The molecule has 0 bridgehead atoms. The van der Waals surface area contributed by atoms with Crippen LogP contribution in [-0.4, -0.2) is 36.5 Å². The van der Waals surface area contributed by atoms with Crippen LogP contribution in [0.5, 0.6) is 0 Å². The highest BCUT2D eigenvalue weighted by Gasteiger charge is 2.38. The minimum absolute atomic E-state index is 0.00784. The molecule has 0 fully saturated rings. The van der Waals surface area contributed by atoms with Crippen LogP contribution in [0.1, 0.15) is 50.5 Å². The summed E-state index contributed by atoms with van der Waals surface area (Å²) in [5.74, 6) is -1.06. The highest BCUT2D eigenvalue weighted by atomic mass is 32.2. The molecule has 33 heavy (non-hydrogen) atoms. The molecule has 1 aromatic carbocycles. The largest absolute Gasteiger partial charge is 0.416 e. The highest BCUT2D eigenvalue weighted by Crippen LogP contribution is 2.33. The number of sulfone groups is 1. The van der Waals surface area contributed by atoms with Crippen molar-refractivity contribution in [3.05, 3.63) is 53.7 Å². The van der Waals surface area contributed by atoms with Crippen LogP contribution >= 0.6 is 0 Å². The van der Waals surface area contributed by atoms with Crippen molar-refractivity contribution in [1.82, 2.24) is 10.3 Å². The van der Waals surface area contributed by atoms with Crippen molar-refractivity contribution in [2.24, 2.45) is 5.41 Å². The lowest BCUT2D eigenvalue weighted by Gasteiger charge is -2.26. The molecule has 11 heteroatoms. The van der Waals surface area contributed by atoms with E-state index >= 15 is 0 Å². The average molecular weight is 486 g/mol. The number of rotatable bonds is 6. The van der Waals surface area contributed by atoms with Gasteiger partial charge in [-0.15, -0.1) is 0 Å². The van der Waals surface area contributed by atoms with Crippen LogP contribution in [-0.2, 0) is 20.8 Å². The molecule has 0 unspecified atom stereocenters. The Morgan fingerprint density at radius 3 is 2.21 bits per heavy atom. The third-order valence-corrected chi connectivity index (χ3v) is 7.31. The smallest absolute Gasteiger partial charge is 0.350 e. The van der Waals surface area contributed by atoms with E-state index in [4.69, 9.17) is 0 Å². The van der Waals surface area contributed by atoms with Crippen molar-refractivity contribution in [3.63, 3.8) is 0 Å². The maximum Gasteiger partial charge on any atom is 0.416 e. The van der Waals surface area contributed by atoms with Crippen LogP contribution in [0.25, 0.3) is 0 Å². The lowest BCUT2D eigenvalue weighted by atomic mass is 9.95. The third kappa shape index (κ3) is 6.10. The molecular weight excluding hydrogens is 459 g/mol. The summed E-state index contributed by atoms with van der Waals surface area (Å²) in [5, 5.41) is 5.05. The fourth-order valence-electron chi connectivity index (χ4n) is 2.63. The van der Waals surface area contributed by atoms with Gasteiger partial charge in [0.05, 0.1) is 20.8 Å². The van der Waals surface area contributed by atoms with Crippen LogP contribution in [0.3, 0.4) is 0 Å². The molecule has 0 spiro atoms. The zero-order valence-corrected chi connectivity index (χ0v) is 19.7. The van der Waals surface area contributed by atoms with Gasteiger partial charge in [0.2, 0.25) is 5.91 Å². The first-order chi connectivity index (χ1) is 15.0. The van der Waals surface area contributed by atoms with Crippen LogP contribution in [0.15, 0.2) is 47.5 Å². The molecule has 180 valence electrons. The average Bonchev–Trinajstić information content (AvgIpc) is 2.71. The van der Waals surface area contributed by atoms with E-state index in [0.29, 0.717) is 6.07 Å². The lowest BCUT2D eigenvalue weighted by molar-refractivity contribution is -0.137. The molecule has 0 radical (unpaired) electrons. The van der Waals surface area contributed by atoms with Crippen molar-refractivity contribution in [3.8, 4) is 0 Å². The SMILES string of the molecule is CC(C)(C)C(=O)Nc1ncccc1C(=O)NCC(C)(C)S(=O)(=O)c1cccc(C(F)(F)F)c1. The number of carbonyl (C=O) groups is 2. The van der Waals surface area contributed by atoms with Gasteiger partial charge in [-0.05, 0) is 44.2 Å². The number of hydrogen-bond donors (Lipinski definition) is 2. The van der Waals surface area contributed by atoms with Gasteiger partial charge in [-0.3, -0.25) is 9.59 Å². The Hall–Kier alpha value is -2.95. The quantitative estimate of drug-likeness (QED) is 0.642. The minimum Gasteiger partial charge on any atom is -0.350 e. The monoisotopic (exact) mass is 485 g/mol. The number of hydrogen-bond acceptors (Lipinski definition) is 5. The second-order valence-corrected chi connectivity index (χ2v) is 11.7. The Balaban J connectivity index is 2.24. The molecule has 1 heterocycles. The number of alkyl halides is 3. The second-order valence-electron chi connectivity index (χ2n) is 9.08. The molecular formula is C22H26F3N3O4S. The normalized spacial score (nSPS) is 12.8. The van der Waals surface area contributed by atoms with Crippen LogP contribution in [0.4, 0.5) is 19.0 Å². The van der Waals surface area contributed by atoms with Gasteiger partial charge in [0.15, 0.2) is 9.84 Å². The Bertz CT molecular complexity index is 1150. The molecule has 2 rings (SSSR count). The standard InChI is InChI=1S/C22H26F3N3O4S/c1-20(2,3)19(30)28-17-16(10-7-11-26-17)18(29)27-13-21(4,5)33(31,32)15-9-6-8-14(12-15)22(23,24)25/h6-12H,13H2,1-5H3,(H,27,29)(H,26,28,30). The van der Waals surface area contributed by atoms with Gasteiger partial charge in [-0.1, -0.05) is 26.8 Å². The number of halogens is 3. The molecule has 0 saturated carbocycles. The lowest BCUT2D eigenvalue weighted by Crippen LogP contribution is -2.44. The second kappa shape index (κ2) is 9.12. The predicted octanol–water partition coefficient (Wildman–Crippen LogP) is 4.07. The summed E-state index contributed by atoms with van der Waals surface area (Å²) in [5.41, 5.74) is -1.81. The van der Waals surface area contributed by atoms with Gasteiger partial charge in [0, 0.05) is 18.2 Å². The Labute approximate surface area is 190 Å². The van der Waals surface area contributed by atoms with Gasteiger partial charge in [0.25, 0.3) is 5.91 Å². The number of anilines is 1. The van der Waals surface area contributed by atoms with E-state index in [9.17, 15) is 31.2 Å². The molecule has 0 atom stereocenters. The molecule has 0 aliphatic rings. The van der Waals surface area contributed by atoms with E-state index in [2.05, 4.69) is 15.6 Å². The number of amides is 2. The minimum atomic E-state index is -4.70. The first-order valence-corrected chi connectivity index (χ1v) is 11.4. The number of aromatic nitrogens is 1. The Morgan fingerprint density at radius 2 is 1.64 bits per heavy atom. The first kappa shape index (κ1) is 26.3. The maximum atomic E-state index is 13.0. The number of pyridine rings is 1. The number of nitrogens with zero attached hydrogens (tertiary/aromatic N) is 1. The van der Waals surface area contributed by atoms with Gasteiger partial charge in [-0.2, -0.15) is 13.2 Å². The topological polar surface area (TPSA) is 105 Å². The molecule has 0 aliphatic heterocycles. The van der Waals surface area contributed by atoms with Gasteiger partial charge >= 0.3 is 6.18 Å². The van der Waals surface area contributed by atoms with E-state index < -0.39 is 49.1 Å². The fraction of sp³-hybridized carbons (Fsp3) is 0.409. The fourth-order valence-corrected chi connectivity index (χ4v) is 4.07. The zero-order valence-electron chi connectivity index (χ0n) is 18.9. The van der Waals surface area contributed by atoms with Crippen molar-refractivity contribution in [1.29, 1.82) is 0 Å². The van der Waals surface area contributed by atoms with E-state index in [1.54, 1.807) is 20.8 Å². The number of carbonyl (C=O) groups excluding carboxylic acids is 2. The van der Waals surface area contributed by atoms with E-state index in [1.165, 1.54) is 32.2 Å². The molecule has 2 amide bonds. The first-order valence-electron chi connectivity index (χ1n) is 9.93. The van der Waals surface area contributed by atoms with Crippen LogP contribution < -0.4 is 10.6 Å². The summed E-state index contributed by atoms with van der Waals surface area (Å²) >= 11 is 0. The summed E-state index contributed by atoms with van der Waals surface area (Å²) in [6.07, 6.45) is -3.31. The summed E-state index contributed by atoms with van der Waals surface area (Å²) in [6, 6.07) is 6.34. The van der Waals surface area contributed by atoms with E-state index in [-0.39, 0.29) is 17.3 Å². The van der Waals surface area contributed by atoms with Crippen molar-refractivity contribution >= 4 is 27.5 Å². The Morgan fingerprint density at radius 1 is 1.00 bits per heavy atom. The number of nitrogens with one attached hydrogen (secondary N) is 2. The molecule has 0 aliphatic carbocycles. The van der Waals surface area contributed by atoms with Gasteiger partial charge in [-0.25, -0.2) is 13.4 Å². The van der Waals surface area contributed by atoms with E-state index in [0.717, 1.165) is 18.2 Å². The van der Waals surface area contributed by atoms with Crippen molar-refractivity contribution in [2.45, 2.75) is 50.4 Å². The number of benzene rings is 1. The van der Waals surface area contributed by atoms with Crippen molar-refractivity contribution < 1.29 is 31.2 Å². The van der Waals surface area contributed by atoms with E-state index in [1.807, 2.05) is 0 Å².